The van der Waals surface area contributed by atoms with Crippen LogP contribution in [-0.4, -0.2) is 23.2 Å². The van der Waals surface area contributed by atoms with Crippen molar-refractivity contribution in [2.24, 2.45) is 5.92 Å². The molecule has 0 spiro atoms. The summed E-state index contributed by atoms with van der Waals surface area (Å²) in [6.07, 6.45) is 2.27. The maximum Gasteiger partial charge on any atom is 0.223 e. The Balaban J connectivity index is 1.97. The largest absolute Gasteiger partial charge is 0.359 e. The van der Waals surface area contributed by atoms with E-state index in [9.17, 15) is 9.18 Å². The number of aryl methyl sites for hydroxylation is 1. The highest BCUT2D eigenvalue weighted by molar-refractivity contribution is 5.79. The second-order valence-electron chi connectivity index (χ2n) is 5.09. The number of carbonyl (C=O) groups excluding carboxylic acids is 1. The van der Waals surface area contributed by atoms with Gasteiger partial charge in [0.2, 0.25) is 5.91 Å². The minimum atomic E-state index is -0.280. The van der Waals surface area contributed by atoms with Crippen LogP contribution in [0.5, 0.6) is 0 Å². The number of aromatic nitrogens is 2. The van der Waals surface area contributed by atoms with E-state index >= 15 is 0 Å². The lowest BCUT2D eigenvalue weighted by atomic mass is 9.85. The first-order valence-corrected chi connectivity index (χ1v) is 6.72. The average molecular weight is 273 g/mol. The topological polar surface area (TPSA) is 57.8 Å². The summed E-state index contributed by atoms with van der Waals surface area (Å²) in [5.41, 5.74) is 3.60. The van der Waals surface area contributed by atoms with E-state index in [0.717, 1.165) is 35.4 Å². The van der Waals surface area contributed by atoms with Gasteiger partial charge in [-0.3, -0.25) is 9.89 Å². The van der Waals surface area contributed by atoms with Crippen molar-refractivity contribution in [3.8, 4) is 11.3 Å². The van der Waals surface area contributed by atoms with Gasteiger partial charge in [-0.05, 0) is 31.4 Å². The van der Waals surface area contributed by atoms with Crippen LogP contribution in [0.4, 0.5) is 4.39 Å². The van der Waals surface area contributed by atoms with Crippen LogP contribution in [0, 0.1) is 11.7 Å². The van der Waals surface area contributed by atoms with Crippen molar-refractivity contribution in [1.29, 1.82) is 0 Å². The molecule has 1 aromatic heterocycles. The third-order valence-electron chi connectivity index (χ3n) is 3.86. The molecule has 0 aliphatic heterocycles. The van der Waals surface area contributed by atoms with Crippen molar-refractivity contribution in [3.05, 3.63) is 41.3 Å². The molecule has 20 heavy (non-hydrogen) atoms. The number of benzene rings is 1. The van der Waals surface area contributed by atoms with E-state index in [0.29, 0.717) is 6.42 Å². The number of H-pyrrole nitrogens is 1. The predicted molar refractivity (Wildman–Crippen MR) is 73.6 cm³/mol. The number of halogens is 1. The van der Waals surface area contributed by atoms with Crippen molar-refractivity contribution in [1.82, 2.24) is 15.5 Å². The highest BCUT2D eigenvalue weighted by Gasteiger charge is 2.28. The Hall–Kier alpha value is -2.17. The van der Waals surface area contributed by atoms with E-state index < -0.39 is 0 Å². The smallest absolute Gasteiger partial charge is 0.223 e. The molecule has 1 heterocycles. The molecule has 104 valence electrons. The van der Waals surface area contributed by atoms with Gasteiger partial charge in [0.05, 0.1) is 5.69 Å². The fraction of sp³-hybridized carbons (Fsp3) is 0.333. The lowest BCUT2D eigenvalue weighted by Gasteiger charge is -2.20. The van der Waals surface area contributed by atoms with Crippen LogP contribution in [-0.2, 0) is 17.6 Å². The number of aromatic amines is 1. The highest BCUT2D eigenvalue weighted by Crippen LogP contribution is 2.32. The van der Waals surface area contributed by atoms with E-state index in [1.165, 1.54) is 12.1 Å². The fourth-order valence-corrected chi connectivity index (χ4v) is 2.80. The highest BCUT2D eigenvalue weighted by atomic mass is 19.1. The van der Waals surface area contributed by atoms with Crippen molar-refractivity contribution >= 4 is 5.91 Å². The molecule has 1 atom stereocenters. The van der Waals surface area contributed by atoms with Gasteiger partial charge < -0.3 is 5.32 Å². The lowest BCUT2D eigenvalue weighted by Crippen LogP contribution is -2.31. The zero-order chi connectivity index (χ0) is 14.1. The van der Waals surface area contributed by atoms with Gasteiger partial charge in [-0.2, -0.15) is 5.10 Å². The first-order valence-electron chi connectivity index (χ1n) is 6.72. The molecule has 3 rings (SSSR count). The number of amides is 1. The summed E-state index contributed by atoms with van der Waals surface area (Å²) in [6, 6.07) is 6.39. The number of nitrogens with one attached hydrogen (secondary N) is 2. The van der Waals surface area contributed by atoms with Gasteiger partial charge in [0.1, 0.15) is 5.82 Å². The van der Waals surface area contributed by atoms with Gasteiger partial charge in [0, 0.05) is 29.8 Å². The third-order valence-corrected chi connectivity index (χ3v) is 3.86. The molecular formula is C15H16FN3O. The fourth-order valence-electron chi connectivity index (χ4n) is 2.80. The predicted octanol–water partition coefficient (Wildman–Crippen LogP) is 2.07. The minimum absolute atomic E-state index is 0.0302. The van der Waals surface area contributed by atoms with Gasteiger partial charge in [-0.15, -0.1) is 0 Å². The minimum Gasteiger partial charge on any atom is -0.359 e. The Morgan fingerprint density at radius 2 is 2.35 bits per heavy atom. The van der Waals surface area contributed by atoms with Gasteiger partial charge in [0.25, 0.3) is 0 Å². The van der Waals surface area contributed by atoms with Gasteiger partial charge in [-0.1, -0.05) is 12.1 Å². The number of rotatable bonds is 2. The molecule has 1 aliphatic rings. The monoisotopic (exact) mass is 273 g/mol. The van der Waals surface area contributed by atoms with E-state index in [4.69, 9.17) is 0 Å². The molecule has 1 aliphatic carbocycles. The number of hydrogen-bond acceptors (Lipinski definition) is 2. The molecular weight excluding hydrogens is 257 g/mol. The van der Waals surface area contributed by atoms with Crippen LogP contribution in [0.1, 0.15) is 17.7 Å². The SMILES string of the molecule is CNC(=O)[C@H]1CCc2[nH]nc(-c3cccc(F)c3)c2C1. The van der Waals surface area contributed by atoms with Gasteiger partial charge >= 0.3 is 0 Å². The molecule has 0 radical (unpaired) electrons. The molecule has 0 saturated carbocycles. The summed E-state index contributed by atoms with van der Waals surface area (Å²) in [4.78, 5) is 11.8. The Bertz CT molecular complexity index is 650. The Kier molecular flexibility index (Phi) is 3.26. The summed E-state index contributed by atoms with van der Waals surface area (Å²) in [5, 5.41) is 10.0. The first-order chi connectivity index (χ1) is 9.69. The maximum atomic E-state index is 13.3. The van der Waals surface area contributed by atoms with Crippen LogP contribution in [0.15, 0.2) is 24.3 Å². The number of carbonyl (C=O) groups is 1. The van der Waals surface area contributed by atoms with Crippen molar-refractivity contribution in [3.63, 3.8) is 0 Å². The van der Waals surface area contributed by atoms with Crippen molar-refractivity contribution < 1.29 is 9.18 Å². The van der Waals surface area contributed by atoms with E-state index in [1.54, 1.807) is 13.1 Å². The summed E-state index contributed by atoms with van der Waals surface area (Å²) in [6.45, 7) is 0. The van der Waals surface area contributed by atoms with E-state index in [-0.39, 0.29) is 17.6 Å². The van der Waals surface area contributed by atoms with E-state index in [1.807, 2.05) is 6.07 Å². The quantitative estimate of drug-likeness (QED) is 0.880. The van der Waals surface area contributed by atoms with Crippen LogP contribution < -0.4 is 5.32 Å². The first kappa shape index (κ1) is 12.8. The Morgan fingerprint density at radius 1 is 1.50 bits per heavy atom. The number of hydrogen-bond donors (Lipinski definition) is 2. The molecule has 1 amide bonds. The second kappa shape index (κ2) is 5.07. The summed E-state index contributed by atoms with van der Waals surface area (Å²) < 4.78 is 13.3. The molecule has 2 aromatic rings. The average Bonchev–Trinajstić information content (AvgIpc) is 2.89. The van der Waals surface area contributed by atoms with Crippen molar-refractivity contribution in [2.75, 3.05) is 7.05 Å². The second-order valence-corrected chi connectivity index (χ2v) is 5.09. The Morgan fingerprint density at radius 3 is 3.10 bits per heavy atom. The zero-order valence-electron chi connectivity index (χ0n) is 11.2. The number of fused-ring (bicyclic) bond motifs is 1. The Labute approximate surface area is 116 Å². The molecule has 4 nitrogen and oxygen atoms in total. The molecule has 0 bridgehead atoms. The standard InChI is InChI=1S/C15H16FN3O/c1-17-15(20)10-5-6-13-12(8-10)14(19-18-13)9-3-2-4-11(16)7-9/h2-4,7,10H,5-6,8H2,1H3,(H,17,20)(H,18,19)/t10-/m0/s1. The summed E-state index contributed by atoms with van der Waals surface area (Å²) in [7, 11) is 1.65. The zero-order valence-corrected chi connectivity index (χ0v) is 11.2. The van der Waals surface area contributed by atoms with Crippen LogP contribution in [0.2, 0.25) is 0 Å². The maximum absolute atomic E-state index is 13.3. The molecule has 1 aromatic carbocycles. The van der Waals surface area contributed by atoms with Gasteiger partial charge in [-0.25, -0.2) is 4.39 Å². The van der Waals surface area contributed by atoms with Crippen LogP contribution in [0.3, 0.4) is 0 Å². The van der Waals surface area contributed by atoms with Crippen LogP contribution >= 0.6 is 0 Å². The third kappa shape index (κ3) is 2.19. The van der Waals surface area contributed by atoms with E-state index in [2.05, 4.69) is 15.5 Å². The molecule has 2 N–H and O–H groups in total. The molecule has 0 unspecified atom stereocenters. The summed E-state index contributed by atoms with van der Waals surface area (Å²) in [5.74, 6) is -0.252. The molecule has 5 heteroatoms. The molecule has 0 fully saturated rings. The lowest BCUT2D eigenvalue weighted by molar-refractivity contribution is -0.124. The van der Waals surface area contributed by atoms with Crippen LogP contribution in [0.25, 0.3) is 11.3 Å². The van der Waals surface area contributed by atoms with Gasteiger partial charge in [0.15, 0.2) is 0 Å². The normalized spacial score (nSPS) is 17.6. The van der Waals surface area contributed by atoms with Crippen molar-refractivity contribution in [2.45, 2.75) is 19.3 Å². The summed E-state index contributed by atoms with van der Waals surface area (Å²) >= 11 is 0. The molecule has 0 saturated heterocycles. The number of nitrogens with zero attached hydrogens (tertiary/aromatic N) is 1.